The molecule has 2 bridgehead atoms. The third-order valence-corrected chi connectivity index (χ3v) is 6.86. The molecule has 2 heterocycles. The quantitative estimate of drug-likeness (QED) is 0.791. The summed E-state index contributed by atoms with van der Waals surface area (Å²) >= 11 is 0. The lowest BCUT2D eigenvalue weighted by Gasteiger charge is -2.55. The molecule has 3 saturated carbocycles. The molecular weight excluding hydrogens is 384 g/mol. The molecule has 3 fully saturated rings. The molecule has 7 heteroatoms. The number of carbonyl (C=O) groups is 2. The summed E-state index contributed by atoms with van der Waals surface area (Å²) in [5.74, 6) is 2.31. The summed E-state index contributed by atoms with van der Waals surface area (Å²) in [6.45, 7) is 0.561. The number of benzene rings is 1. The van der Waals surface area contributed by atoms with Gasteiger partial charge in [-0.3, -0.25) is 9.59 Å². The van der Waals surface area contributed by atoms with E-state index in [2.05, 4.69) is 10.6 Å². The summed E-state index contributed by atoms with van der Waals surface area (Å²) in [6, 6.07) is 9.02. The van der Waals surface area contributed by atoms with Crippen LogP contribution in [0.1, 0.15) is 41.8 Å². The number of carbonyl (C=O) groups excluding carboxylic acids is 2. The molecular formula is C23H26N2O5. The molecule has 1 aromatic heterocycles. The van der Waals surface area contributed by atoms with Crippen LogP contribution in [0.15, 0.2) is 41.0 Å². The highest BCUT2D eigenvalue weighted by atomic mass is 16.5. The van der Waals surface area contributed by atoms with Gasteiger partial charge >= 0.3 is 0 Å². The number of amides is 2. The normalized spacial score (nSPS) is 29.1. The van der Waals surface area contributed by atoms with Gasteiger partial charge in [0.15, 0.2) is 5.72 Å². The standard InChI is InChI=1S/C23H26N2O5/c1-28-17-6-7-18-20(12-17)30-23(25-22(18)27)13-14-4-5-15(23)11-19(14)21(26)24-9-8-16-3-2-10-29-16/h2-3,6-7,10,12,14-15,19H,4-5,8-9,11,13H2,1H3,(H,24,26)(H,25,27). The Labute approximate surface area is 175 Å². The van der Waals surface area contributed by atoms with Crippen molar-refractivity contribution in [2.24, 2.45) is 17.8 Å². The van der Waals surface area contributed by atoms with Gasteiger partial charge in [0.25, 0.3) is 5.91 Å². The predicted molar refractivity (Wildman–Crippen MR) is 108 cm³/mol. The Bertz CT molecular complexity index is 957. The topological polar surface area (TPSA) is 89.8 Å². The molecule has 2 amide bonds. The van der Waals surface area contributed by atoms with Gasteiger partial charge in [-0.1, -0.05) is 0 Å². The average Bonchev–Trinajstić information content (AvgIpc) is 3.27. The molecule has 4 atom stereocenters. The van der Waals surface area contributed by atoms with Gasteiger partial charge in [-0.2, -0.15) is 0 Å². The van der Waals surface area contributed by atoms with E-state index in [1.54, 1.807) is 31.6 Å². The van der Waals surface area contributed by atoms with Crippen molar-refractivity contribution in [2.45, 2.75) is 37.8 Å². The molecule has 1 aromatic carbocycles. The van der Waals surface area contributed by atoms with Gasteiger partial charge in [0.2, 0.25) is 5.91 Å². The Kier molecular flexibility index (Phi) is 4.68. The number of rotatable bonds is 5. The first kappa shape index (κ1) is 19.0. The fourth-order valence-electron chi connectivity index (χ4n) is 5.33. The number of fused-ring (bicyclic) bond motifs is 3. The first-order valence-corrected chi connectivity index (χ1v) is 10.6. The summed E-state index contributed by atoms with van der Waals surface area (Å²) in [6.07, 6.45) is 5.62. The maximum Gasteiger partial charge on any atom is 0.258 e. The monoisotopic (exact) mass is 410 g/mol. The Balaban J connectivity index is 1.28. The van der Waals surface area contributed by atoms with Crippen molar-refractivity contribution >= 4 is 11.8 Å². The zero-order valence-electron chi connectivity index (χ0n) is 17.0. The molecule has 2 aromatic rings. The van der Waals surface area contributed by atoms with Gasteiger partial charge in [0, 0.05) is 37.3 Å². The zero-order chi connectivity index (χ0) is 20.7. The highest BCUT2D eigenvalue weighted by Crippen LogP contribution is 2.52. The van der Waals surface area contributed by atoms with Crippen molar-refractivity contribution in [1.82, 2.24) is 10.6 Å². The number of furan rings is 1. The van der Waals surface area contributed by atoms with Crippen LogP contribution in [0.3, 0.4) is 0 Å². The van der Waals surface area contributed by atoms with E-state index in [1.807, 2.05) is 12.1 Å². The van der Waals surface area contributed by atoms with Crippen molar-refractivity contribution < 1.29 is 23.5 Å². The van der Waals surface area contributed by atoms with E-state index in [0.717, 1.165) is 25.0 Å². The van der Waals surface area contributed by atoms with Crippen LogP contribution in [-0.2, 0) is 11.2 Å². The molecule has 1 aliphatic heterocycles. The van der Waals surface area contributed by atoms with Crippen LogP contribution in [-0.4, -0.2) is 31.2 Å². The fourth-order valence-corrected chi connectivity index (χ4v) is 5.33. The summed E-state index contributed by atoms with van der Waals surface area (Å²) in [4.78, 5) is 25.6. The molecule has 0 radical (unpaired) electrons. The number of hydrogen-bond acceptors (Lipinski definition) is 5. The van der Waals surface area contributed by atoms with Crippen molar-refractivity contribution in [3.8, 4) is 11.5 Å². The van der Waals surface area contributed by atoms with E-state index in [1.165, 1.54) is 0 Å². The van der Waals surface area contributed by atoms with Crippen molar-refractivity contribution in [1.29, 1.82) is 0 Å². The molecule has 3 aliphatic carbocycles. The van der Waals surface area contributed by atoms with E-state index < -0.39 is 5.72 Å². The Hall–Kier alpha value is -2.96. The predicted octanol–water partition coefficient (Wildman–Crippen LogP) is 2.90. The van der Waals surface area contributed by atoms with Crippen molar-refractivity contribution in [2.75, 3.05) is 13.7 Å². The molecule has 6 rings (SSSR count). The summed E-state index contributed by atoms with van der Waals surface area (Å²) in [7, 11) is 1.60. The van der Waals surface area contributed by atoms with Gasteiger partial charge in [0.05, 0.1) is 18.9 Å². The SMILES string of the molecule is COc1ccc2c(c1)OC1(CC3CCC1CC3C(=O)NCCc1ccco1)NC2=O. The molecule has 7 nitrogen and oxygen atoms in total. The minimum absolute atomic E-state index is 0.0433. The molecule has 30 heavy (non-hydrogen) atoms. The summed E-state index contributed by atoms with van der Waals surface area (Å²) in [5, 5.41) is 6.19. The lowest BCUT2D eigenvalue weighted by atomic mass is 9.60. The Morgan fingerprint density at radius 2 is 2.23 bits per heavy atom. The van der Waals surface area contributed by atoms with Gasteiger partial charge in [-0.05, 0) is 49.4 Å². The van der Waals surface area contributed by atoms with E-state index in [-0.39, 0.29) is 29.6 Å². The Morgan fingerprint density at radius 3 is 2.97 bits per heavy atom. The molecule has 158 valence electrons. The van der Waals surface area contributed by atoms with Crippen LogP contribution in [0.25, 0.3) is 0 Å². The third kappa shape index (κ3) is 3.22. The minimum atomic E-state index is -0.732. The number of hydrogen-bond donors (Lipinski definition) is 2. The van der Waals surface area contributed by atoms with Crippen LogP contribution < -0.4 is 20.1 Å². The molecule has 2 N–H and O–H groups in total. The third-order valence-electron chi connectivity index (χ3n) is 6.86. The van der Waals surface area contributed by atoms with E-state index in [4.69, 9.17) is 13.9 Å². The second-order valence-electron chi connectivity index (χ2n) is 8.51. The number of methoxy groups -OCH3 is 1. The van der Waals surface area contributed by atoms with Gasteiger partial charge < -0.3 is 24.5 Å². The molecule has 0 saturated heterocycles. The first-order chi connectivity index (χ1) is 14.6. The van der Waals surface area contributed by atoms with E-state index in [9.17, 15) is 9.59 Å². The lowest BCUT2D eigenvalue weighted by Crippen LogP contribution is -2.67. The number of ether oxygens (including phenoxy) is 2. The average molecular weight is 410 g/mol. The van der Waals surface area contributed by atoms with Crippen LogP contribution in [0.4, 0.5) is 0 Å². The van der Waals surface area contributed by atoms with Crippen molar-refractivity contribution in [3.05, 3.63) is 47.9 Å². The molecule has 4 unspecified atom stereocenters. The summed E-state index contributed by atoms with van der Waals surface area (Å²) < 4.78 is 17.0. The lowest BCUT2D eigenvalue weighted by molar-refractivity contribution is -0.146. The van der Waals surface area contributed by atoms with Crippen LogP contribution >= 0.6 is 0 Å². The maximum atomic E-state index is 12.8. The largest absolute Gasteiger partial charge is 0.497 e. The smallest absolute Gasteiger partial charge is 0.258 e. The van der Waals surface area contributed by atoms with E-state index >= 15 is 0 Å². The van der Waals surface area contributed by atoms with E-state index in [0.29, 0.717) is 36.4 Å². The second kappa shape index (κ2) is 7.38. The number of nitrogens with one attached hydrogen (secondary N) is 2. The summed E-state index contributed by atoms with van der Waals surface area (Å²) in [5.41, 5.74) is -0.209. The molecule has 4 aliphatic rings. The maximum absolute atomic E-state index is 12.8. The highest BCUT2D eigenvalue weighted by Gasteiger charge is 2.57. The fraction of sp³-hybridized carbons (Fsp3) is 0.478. The van der Waals surface area contributed by atoms with Gasteiger partial charge in [-0.15, -0.1) is 0 Å². The molecule has 1 spiro atoms. The first-order valence-electron chi connectivity index (χ1n) is 10.6. The highest BCUT2D eigenvalue weighted by molar-refractivity contribution is 5.98. The second-order valence-corrected chi connectivity index (χ2v) is 8.51. The van der Waals surface area contributed by atoms with Crippen LogP contribution in [0.5, 0.6) is 11.5 Å². The Morgan fingerprint density at radius 1 is 1.33 bits per heavy atom. The zero-order valence-corrected chi connectivity index (χ0v) is 17.0. The van der Waals surface area contributed by atoms with Crippen LogP contribution in [0, 0.1) is 17.8 Å². The van der Waals surface area contributed by atoms with Gasteiger partial charge in [-0.25, -0.2) is 0 Å². The minimum Gasteiger partial charge on any atom is -0.497 e. The van der Waals surface area contributed by atoms with Crippen molar-refractivity contribution in [3.63, 3.8) is 0 Å². The van der Waals surface area contributed by atoms with Crippen LogP contribution in [0.2, 0.25) is 0 Å². The van der Waals surface area contributed by atoms with Gasteiger partial charge in [0.1, 0.15) is 17.3 Å².